The zero-order valence-electron chi connectivity index (χ0n) is 12.5. The number of aliphatic carboxylic acids is 1. The summed E-state index contributed by atoms with van der Waals surface area (Å²) < 4.78 is 5.53. The van der Waals surface area contributed by atoms with Crippen LogP contribution < -0.4 is 4.74 Å². The van der Waals surface area contributed by atoms with E-state index in [0.717, 1.165) is 11.3 Å². The molecule has 5 heteroatoms. The van der Waals surface area contributed by atoms with Gasteiger partial charge in [-0.2, -0.15) is 0 Å². The second-order valence-electron chi connectivity index (χ2n) is 5.84. The molecule has 1 heterocycles. The average molecular weight is 291 g/mol. The molecule has 114 valence electrons. The summed E-state index contributed by atoms with van der Waals surface area (Å²) in [5.41, 5.74) is 0.344. The maximum Gasteiger partial charge on any atom is 0.311 e. The van der Waals surface area contributed by atoms with Gasteiger partial charge in [-0.1, -0.05) is 17.7 Å². The van der Waals surface area contributed by atoms with Gasteiger partial charge in [0, 0.05) is 13.1 Å². The molecule has 1 unspecified atom stereocenters. The Morgan fingerprint density at radius 1 is 1.33 bits per heavy atom. The number of carboxylic acid groups (broad SMARTS) is 1. The smallest absolute Gasteiger partial charge is 0.311 e. The summed E-state index contributed by atoms with van der Waals surface area (Å²) in [6.45, 7) is 4.78. The van der Waals surface area contributed by atoms with Crippen LogP contribution in [0.2, 0.25) is 0 Å². The maximum atomic E-state index is 12.1. The number of carbonyl (C=O) groups is 2. The Morgan fingerprint density at radius 2 is 2.00 bits per heavy atom. The third-order valence-corrected chi connectivity index (χ3v) is 3.95. The standard InChI is InChI=1S/C16H21NO4/c1-12-3-5-13(6-4-12)21-10-7-14(18)17-9-8-16(2,11-17)15(19)20/h3-6H,7-11H2,1-2H3,(H,19,20). The van der Waals surface area contributed by atoms with Gasteiger partial charge in [0.25, 0.3) is 0 Å². The number of carbonyl (C=O) groups excluding carboxylic acids is 1. The second kappa shape index (κ2) is 6.16. The molecule has 0 aromatic heterocycles. The number of amides is 1. The number of benzene rings is 1. The summed E-state index contributed by atoms with van der Waals surface area (Å²) in [6.07, 6.45) is 0.774. The molecule has 0 spiro atoms. The zero-order valence-corrected chi connectivity index (χ0v) is 12.5. The molecule has 2 rings (SSSR count). The summed E-state index contributed by atoms with van der Waals surface area (Å²) in [5.74, 6) is -0.147. The summed E-state index contributed by atoms with van der Waals surface area (Å²) in [7, 11) is 0. The number of hydrogen-bond donors (Lipinski definition) is 1. The first-order chi connectivity index (χ1) is 9.90. The van der Waals surface area contributed by atoms with Crippen LogP contribution in [0.3, 0.4) is 0 Å². The highest BCUT2D eigenvalue weighted by Crippen LogP contribution is 2.30. The normalized spacial score (nSPS) is 21.3. The summed E-state index contributed by atoms with van der Waals surface area (Å²) in [6, 6.07) is 7.65. The number of carboxylic acids is 1. The molecule has 1 aliphatic heterocycles. The fourth-order valence-electron chi connectivity index (χ4n) is 2.40. The predicted octanol–water partition coefficient (Wildman–Crippen LogP) is 2.09. The third-order valence-electron chi connectivity index (χ3n) is 3.95. The van der Waals surface area contributed by atoms with Gasteiger partial charge in [-0.3, -0.25) is 9.59 Å². The Morgan fingerprint density at radius 3 is 2.57 bits per heavy atom. The van der Waals surface area contributed by atoms with Crippen molar-refractivity contribution in [2.45, 2.75) is 26.7 Å². The molecule has 0 bridgehead atoms. The van der Waals surface area contributed by atoms with Crippen molar-refractivity contribution >= 4 is 11.9 Å². The van der Waals surface area contributed by atoms with Crippen LogP contribution in [0.15, 0.2) is 24.3 Å². The van der Waals surface area contributed by atoms with E-state index in [1.54, 1.807) is 11.8 Å². The van der Waals surface area contributed by atoms with Crippen LogP contribution in [0.1, 0.15) is 25.3 Å². The second-order valence-corrected chi connectivity index (χ2v) is 5.84. The van der Waals surface area contributed by atoms with Gasteiger partial charge in [0.15, 0.2) is 0 Å². The lowest BCUT2D eigenvalue weighted by Gasteiger charge is -2.20. The highest BCUT2D eigenvalue weighted by Gasteiger charge is 2.41. The first kappa shape index (κ1) is 15.4. The number of nitrogens with zero attached hydrogens (tertiary/aromatic N) is 1. The third kappa shape index (κ3) is 3.74. The van der Waals surface area contributed by atoms with E-state index in [1.807, 2.05) is 31.2 Å². The van der Waals surface area contributed by atoms with Crippen molar-refractivity contribution in [3.63, 3.8) is 0 Å². The Labute approximate surface area is 124 Å². The topological polar surface area (TPSA) is 66.8 Å². The number of aryl methyl sites for hydroxylation is 1. The lowest BCUT2D eigenvalue weighted by Crippen LogP contribution is -2.35. The molecule has 0 saturated carbocycles. The summed E-state index contributed by atoms with van der Waals surface area (Å²) in [4.78, 5) is 24.8. The molecular formula is C16H21NO4. The zero-order chi connectivity index (χ0) is 15.5. The number of likely N-dealkylation sites (tertiary alicyclic amines) is 1. The Hall–Kier alpha value is -2.04. The van der Waals surface area contributed by atoms with E-state index in [0.29, 0.717) is 19.6 Å². The fraction of sp³-hybridized carbons (Fsp3) is 0.500. The number of rotatable bonds is 5. The van der Waals surface area contributed by atoms with Crippen molar-refractivity contribution in [2.24, 2.45) is 5.41 Å². The van der Waals surface area contributed by atoms with Gasteiger partial charge < -0.3 is 14.7 Å². The van der Waals surface area contributed by atoms with Gasteiger partial charge in [0.1, 0.15) is 5.75 Å². The van der Waals surface area contributed by atoms with E-state index >= 15 is 0 Å². The van der Waals surface area contributed by atoms with Gasteiger partial charge in [-0.15, -0.1) is 0 Å². The van der Waals surface area contributed by atoms with Crippen molar-refractivity contribution < 1.29 is 19.4 Å². The van der Waals surface area contributed by atoms with Gasteiger partial charge in [0.2, 0.25) is 5.91 Å². The quantitative estimate of drug-likeness (QED) is 0.902. The van der Waals surface area contributed by atoms with Crippen LogP contribution in [0.5, 0.6) is 5.75 Å². The highest BCUT2D eigenvalue weighted by molar-refractivity contribution is 5.80. The summed E-state index contributed by atoms with van der Waals surface area (Å²) in [5, 5.41) is 9.16. The van der Waals surface area contributed by atoms with Crippen molar-refractivity contribution in [3.05, 3.63) is 29.8 Å². The molecule has 1 saturated heterocycles. The van der Waals surface area contributed by atoms with E-state index in [4.69, 9.17) is 9.84 Å². The minimum Gasteiger partial charge on any atom is -0.493 e. The minimum absolute atomic E-state index is 0.0490. The molecule has 1 aromatic rings. The Balaban J connectivity index is 1.78. The van der Waals surface area contributed by atoms with Gasteiger partial charge in [-0.25, -0.2) is 0 Å². The molecule has 1 fully saturated rings. The predicted molar refractivity (Wildman–Crippen MR) is 78.2 cm³/mol. The van der Waals surface area contributed by atoms with Crippen LogP contribution in [0.25, 0.3) is 0 Å². The molecule has 21 heavy (non-hydrogen) atoms. The molecule has 1 aromatic carbocycles. The molecule has 1 atom stereocenters. The minimum atomic E-state index is -0.839. The molecule has 0 aliphatic carbocycles. The fourth-order valence-corrected chi connectivity index (χ4v) is 2.40. The van der Waals surface area contributed by atoms with Crippen LogP contribution >= 0.6 is 0 Å². The van der Waals surface area contributed by atoms with E-state index in [2.05, 4.69) is 0 Å². The molecule has 1 N–H and O–H groups in total. The van der Waals surface area contributed by atoms with Crippen molar-refractivity contribution in [1.82, 2.24) is 4.90 Å². The SMILES string of the molecule is Cc1ccc(OCCC(=O)N2CCC(C)(C(=O)O)C2)cc1. The van der Waals surface area contributed by atoms with Crippen LogP contribution in [-0.4, -0.2) is 41.6 Å². The van der Waals surface area contributed by atoms with Crippen molar-refractivity contribution in [2.75, 3.05) is 19.7 Å². The average Bonchev–Trinajstić information content (AvgIpc) is 2.85. The molecule has 5 nitrogen and oxygen atoms in total. The van der Waals surface area contributed by atoms with Gasteiger partial charge in [0.05, 0.1) is 18.4 Å². The van der Waals surface area contributed by atoms with Crippen LogP contribution in [0.4, 0.5) is 0 Å². The lowest BCUT2D eigenvalue weighted by molar-refractivity contribution is -0.147. The van der Waals surface area contributed by atoms with E-state index < -0.39 is 11.4 Å². The van der Waals surface area contributed by atoms with Gasteiger partial charge in [-0.05, 0) is 32.4 Å². The number of ether oxygens (including phenoxy) is 1. The molecule has 1 amide bonds. The van der Waals surface area contributed by atoms with Crippen LogP contribution in [0, 0.1) is 12.3 Å². The van der Waals surface area contributed by atoms with Gasteiger partial charge >= 0.3 is 5.97 Å². The molecule has 0 radical (unpaired) electrons. The van der Waals surface area contributed by atoms with E-state index in [1.165, 1.54) is 0 Å². The van der Waals surface area contributed by atoms with E-state index in [-0.39, 0.29) is 18.9 Å². The monoisotopic (exact) mass is 291 g/mol. The summed E-state index contributed by atoms with van der Waals surface area (Å²) >= 11 is 0. The first-order valence-corrected chi connectivity index (χ1v) is 7.11. The van der Waals surface area contributed by atoms with Crippen LogP contribution in [-0.2, 0) is 9.59 Å². The molecule has 1 aliphatic rings. The molecular weight excluding hydrogens is 270 g/mol. The van der Waals surface area contributed by atoms with Crippen molar-refractivity contribution in [1.29, 1.82) is 0 Å². The largest absolute Gasteiger partial charge is 0.493 e. The lowest BCUT2D eigenvalue weighted by atomic mass is 9.90. The first-order valence-electron chi connectivity index (χ1n) is 7.11. The maximum absolute atomic E-state index is 12.1. The van der Waals surface area contributed by atoms with E-state index in [9.17, 15) is 9.59 Å². The Bertz CT molecular complexity index is 526. The number of hydrogen-bond acceptors (Lipinski definition) is 3. The Kier molecular flexibility index (Phi) is 4.50. The van der Waals surface area contributed by atoms with Crippen molar-refractivity contribution in [3.8, 4) is 5.75 Å². The highest BCUT2D eigenvalue weighted by atomic mass is 16.5.